The second-order valence-corrected chi connectivity index (χ2v) is 12.9. The van der Waals surface area contributed by atoms with E-state index in [-0.39, 0.29) is 24.1 Å². The molecule has 0 aromatic rings. The van der Waals surface area contributed by atoms with Crippen molar-refractivity contribution in [1.82, 2.24) is 0 Å². The van der Waals surface area contributed by atoms with Crippen LogP contribution in [0.5, 0.6) is 0 Å². The summed E-state index contributed by atoms with van der Waals surface area (Å²) in [5, 5.41) is 29.8. The van der Waals surface area contributed by atoms with Crippen LogP contribution in [0.4, 0.5) is 0 Å². The first-order valence-corrected chi connectivity index (χ1v) is 13.9. The highest BCUT2D eigenvalue weighted by molar-refractivity contribution is 5.85. The van der Waals surface area contributed by atoms with Gasteiger partial charge in [-0.2, -0.15) is 0 Å². The highest BCUT2D eigenvalue weighted by Gasteiger charge is 2.61. The molecule has 7 heteroatoms. The van der Waals surface area contributed by atoms with E-state index < -0.39 is 24.6 Å². The van der Waals surface area contributed by atoms with Crippen molar-refractivity contribution in [3.8, 4) is 0 Å². The molecule has 6 rings (SSSR count). The number of aliphatic hydroxyl groups excluding tert-OH is 3. The smallest absolute Gasteiger partial charge is 0.331 e. The van der Waals surface area contributed by atoms with Crippen LogP contribution in [0.2, 0.25) is 0 Å². The van der Waals surface area contributed by atoms with Gasteiger partial charge in [0.25, 0.3) is 0 Å². The molecule has 3 N–H and O–H groups in total. The molecule has 4 aliphatic carbocycles. The van der Waals surface area contributed by atoms with Crippen LogP contribution in [0.3, 0.4) is 0 Å². The van der Waals surface area contributed by atoms with Gasteiger partial charge in [-0.05, 0) is 104 Å². The number of fused-ring (bicyclic) bond motifs is 5. The van der Waals surface area contributed by atoms with Crippen LogP contribution in [-0.4, -0.2) is 65.2 Å². The fraction of sp³-hybridized carbons (Fsp3) is 0.893. The van der Waals surface area contributed by atoms with Crippen molar-refractivity contribution in [2.45, 2.75) is 102 Å². The molecule has 4 saturated carbocycles. The Kier molecular flexibility index (Phi) is 6.12. The van der Waals surface area contributed by atoms with Gasteiger partial charge in [0.15, 0.2) is 6.29 Å². The minimum Gasteiger partial charge on any atom is -0.458 e. The summed E-state index contributed by atoms with van der Waals surface area (Å²) in [6, 6.07) is 0. The van der Waals surface area contributed by atoms with Gasteiger partial charge in [0.2, 0.25) is 0 Å². The van der Waals surface area contributed by atoms with Crippen LogP contribution in [0.15, 0.2) is 11.6 Å². The molecule has 6 aliphatic rings. The summed E-state index contributed by atoms with van der Waals surface area (Å²) in [6.07, 6.45) is 8.42. The van der Waals surface area contributed by atoms with Gasteiger partial charge in [-0.1, -0.05) is 13.8 Å². The standard InChI is InChI=1S/C28H42O7/c1-27-9-7-17(34-26-25(32)24(31)22(13-29)35-26)12-16(27)3-4-18-20-6-5-19(15-11-23(30)33-14-15)28(20,2)10-8-21(18)27/h11,16-22,24-26,29,31-32H,3-10,12-14H2,1-2H3/t16-,17+,18+,19-,20+,21+,22+,24+,25+,26?,27+,28-/m1/s1. The van der Waals surface area contributed by atoms with Gasteiger partial charge in [-0.15, -0.1) is 0 Å². The predicted molar refractivity (Wildman–Crippen MR) is 127 cm³/mol. The van der Waals surface area contributed by atoms with Gasteiger partial charge in [-0.25, -0.2) is 4.79 Å². The highest BCUT2D eigenvalue weighted by atomic mass is 16.7. The molecule has 1 saturated heterocycles. The van der Waals surface area contributed by atoms with Gasteiger partial charge >= 0.3 is 5.97 Å². The molecule has 0 amide bonds. The number of aliphatic hydroxyl groups is 3. The number of esters is 1. The van der Waals surface area contributed by atoms with Crippen molar-refractivity contribution >= 4 is 5.97 Å². The molecule has 1 unspecified atom stereocenters. The molecule has 0 bridgehead atoms. The van der Waals surface area contributed by atoms with Crippen LogP contribution in [0.25, 0.3) is 0 Å². The molecule has 12 atom stereocenters. The van der Waals surface area contributed by atoms with Gasteiger partial charge in [-0.3, -0.25) is 0 Å². The summed E-state index contributed by atoms with van der Waals surface area (Å²) in [6.45, 7) is 5.19. The summed E-state index contributed by atoms with van der Waals surface area (Å²) in [7, 11) is 0. The zero-order valence-electron chi connectivity index (χ0n) is 21.1. The van der Waals surface area contributed by atoms with E-state index in [1.54, 1.807) is 6.08 Å². The SMILES string of the molecule is C[C@]12CC[C@H](OC3O[C@@H](CO)[C@H](O)[C@@H]3O)C[C@H]1CC[C@@H]1[C@@H]2CC[C@]2(C)[C@@H](C3=CC(=O)OC3)CC[C@@H]12. The normalized spacial score (nSPS) is 53.5. The third kappa shape index (κ3) is 3.75. The lowest BCUT2D eigenvalue weighted by Gasteiger charge is -2.61. The first kappa shape index (κ1) is 24.4. The topological polar surface area (TPSA) is 105 Å². The van der Waals surface area contributed by atoms with Crippen molar-refractivity contribution in [3.05, 3.63) is 11.6 Å². The van der Waals surface area contributed by atoms with Crippen LogP contribution < -0.4 is 0 Å². The zero-order chi connectivity index (χ0) is 24.5. The van der Waals surface area contributed by atoms with Crippen LogP contribution in [0.1, 0.15) is 71.6 Å². The van der Waals surface area contributed by atoms with Crippen molar-refractivity contribution in [3.63, 3.8) is 0 Å². The molecule has 0 aromatic heterocycles. The number of carbonyl (C=O) groups is 1. The predicted octanol–water partition coefficient (Wildman–Crippen LogP) is 2.95. The number of cyclic esters (lactones) is 1. The zero-order valence-corrected chi connectivity index (χ0v) is 21.1. The molecule has 196 valence electrons. The molecule has 5 fully saturated rings. The summed E-state index contributed by atoms with van der Waals surface area (Å²) in [5.41, 5.74) is 1.83. The largest absolute Gasteiger partial charge is 0.458 e. The lowest BCUT2D eigenvalue weighted by Crippen LogP contribution is -2.54. The van der Waals surface area contributed by atoms with E-state index in [0.717, 1.165) is 37.0 Å². The Morgan fingerprint density at radius 1 is 1.00 bits per heavy atom. The van der Waals surface area contributed by atoms with Crippen molar-refractivity contribution in [2.75, 3.05) is 13.2 Å². The molecule has 0 aromatic carbocycles. The van der Waals surface area contributed by atoms with E-state index in [1.807, 2.05) is 0 Å². The highest BCUT2D eigenvalue weighted by Crippen LogP contribution is 2.68. The third-order valence-corrected chi connectivity index (χ3v) is 11.6. The van der Waals surface area contributed by atoms with Crippen LogP contribution >= 0.6 is 0 Å². The quantitative estimate of drug-likeness (QED) is 0.521. The third-order valence-electron chi connectivity index (χ3n) is 11.6. The molecule has 35 heavy (non-hydrogen) atoms. The summed E-state index contributed by atoms with van der Waals surface area (Å²) in [4.78, 5) is 11.7. The van der Waals surface area contributed by atoms with E-state index in [4.69, 9.17) is 14.2 Å². The van der Waals surface area contributed by atoms with Crippen LogP contribution in [0, 0.1) is 40.4 Å². The first-order valence-electron chi connectivity index (χ1n) is 13.9. The number of hydrogen-bond donors (Lipinski definition) is 3. The Labute approximate surface area is 208 Å². The van der Waals surface area contributed by atoms with Gasteiger partial charge in [0.05, 0.1) is 12.7 Å². The maximum atomic E-state index is 11.7. The lowest BCUT2D eigenvalue weighted by atomic mass is 9.44. The molecular formula is C28H42O7. The molecular weight excluding hydrogens is 448 g/mol. The van der Waals surface area contributed by atoms with Crippen LogP contribution in [-0.2, 0) is 19.0 Å². The van der Waals surface area contributed by atoms with E-state index in [0.29, 0.717) is 23.9 Å². The number of carbonyl (C=O) groups excluding carboxylic acids is 1. The summed E-state index contributed by atoms with van der Waals surface area (Å²) >= 11 is 0. The first-order chi connectivity index (χ1) is 16.7. The second kappa shape index (κ2) is 8.80. The minimum atomic E-state index is -1.11. The molecule has 2 aliphatic heterocycles. The Morgan fingerprint density at radius 3 is 2.49 bits per heavy atom. The molecule has 0 spiro atoms. The minimum absolute atomic E-state index is 0.0190. The summed E-state index contributed by atoms with van der Waals surface area (Å²) < 4.78 is 17.1. The fourth-order valence-corrected chi connectivity index (χ4v) is 9.71. The Bertz CT molecular complexity index is 873. The van der Waals surface area contributed by atoms with Gasteiger partial charge in [0, 0.05) is 6.08 Å². The lowest BCUT2D eigenvalue weighted by molar-refractivity contribution is -0.215. The summed E-state index contributed by atoms with van der Waals surface area (Å²) in [5.74, 6) is 3.16. The van der Waals surface area contributed by atoms with Gasteiger partial charge in [0.1, 0.15) is 24.9 Å². The Morgan fingerprint density at radius 2 is 1.77 bits per heavy atom. The number of hydrogen-bond acceptors (Lipinski definition) is 7. The van der Waals surface area contributed by atoms with E-state index >= 15 is 0 Å². The van der Waals surface area contributed by atoms with E-state index in [9.17, 15) is 20.1 Å². The van der Waals surface area contributed by atoms with Crippen molar-refractivity contribution in [2.24, 2.45) is 40.4 Å². The van der Waals surface area contributed by atoms with E-state index in [1.165, 1.54) is 44.1 Å². The van der Waals surface area contributed by atoms with Gasteiger partial charge < -0.3 is 29.5 Å². The number of rotatable bonds is 4. The van der Waals surface area contributed by atoms with Crippen molar-refractivity contribution < 1.29 is 34.3 Å². The Hall–Kier alpha value is -0.990. The molecule has 0 radical (unpaired) electrons. The molecule has 2 heterocycles. The average molecular weight is 491 g/mol. The molecule has 7 nitrogen and oxygen atoms in total. The average Bonchev–Trinajstić information content (AvgIpc) is 3.50. The monoisotopic (exact) mass is 490 g/mol. The maximum Gasteiger partial charge on any atom is 0.331 e. The van der Waals surface area contributed by atoms with Crippen molar-refractivity contribution in [1.29, 1.82) is 0 Å². The number of ether oxygens (including phenoxy) is 3. The maximum absolute atomic E-state index is 11.7. The Balaban J connectivity index is 1.13. The van der Waals surface area contributed by atoms with E-state index in [2.05, 4.69) is 13.8 Å². The fourth-order valence-electron chi connectivity index (χ4n) is 9.71. The second-order valence-electron chi connectivity index (χ2n) is 12.9.